The Bertz CT molecular complexity index is 1380. The molecule has 2 amide bonds. The number of hydrogen-bond donors (Lipinski definition) is 1. The van der Waals surface area contributed by atoms with Gasteiger partial charge in [0.25, 0.3) is 11.8 Å². The average Bonchev–Trinajstić information content (AvgIpc) is 3.07. The lowest BCUT2D eigenvalue weighted by Gasteiger charge is -2.15. The van der Waals surface area contributed by atoms with Gasteiger partial charge in [-0.3, -0.25) is 9.59 Å². The largest absolute Gasteiger partial charge is 0.462 e. The minimum absolute atomic E-state index is 0.120. The maximum Gasteiger partial charge on any atom is 0.343 e. The molecular weight excluding hydrogens is 507 g/mol. The van der Waals surface area contributed by atoms with E-state index < -0.39 is 23.8 Å². The SMILES string of the molecule is CCOC(=O)c1ccc(N2C(=O)C(Cl)=C(Nc3ccc(C(=O)Oc4cccc(Cl)c4)cc3)C2=O)cc1. The highest BCUT2D eigenvalue weighted by Crippen LogP contribution is 2.30. The van der Waals surface area contributed by atoms with Crippen molar-refractivity contribution in [2.45, 2.75) is 6.92 Å². The van der Waals surface area contributed by atoms with E-state index in [2.05, 4.69) is 5.32 Å². The Kier molecular flexibility index (Phi) is 7.38. The number of nitrogens with one attached hydrogen (secondary N) is 1. The first-order valence-electron chi connectivity index (χ1n) is 10.7. The number of rotatable bonds is 7. The van der Waals surface area contributed by atoms with Crippen molar-refractivity contribution in [3.05, 3.63) is 99.7 Å². The van der Waals surface area contributed by atoms with Crippen LogP contribution in [0.15, 0.2) is 83.5 Å². The van der Waals surface area contributed by atoms with Crippen molar-refractivity contribution < 1.29 is 28.7 Å². The predicted molar refractivity (Wildman–Crippen MR) is 134 cm³/mol. The molecule has 1 aliphatic rings. The van der Waals surface area contributed by atoms with Crippen LogP contribution in [0, 0.1) is 0 Å². The third kappa shape index (κ3) is 5.25. The molecule has 36 heavy (non-hydrogen) atoms. The normalized spacial score (nSPS) is 13.1. The minimum Gasteiger partial charge on any atom is -0.462 e. The first-order valence-corrected chi connectivity index (χ1v) is 11.4. The van der Waals surface area contributed by atoms with Gasteiger partial charge in [0.1, 0.15) is 16.5 Å². The van der Waals surface area contributed by atoms with Crippen LogP contribution in [-0.2, 0) is 14.3 Å². The summed E-state index contributed by atoms with van der Waals surface area (Å²) in [6.07, 6.45) is 0. The lowest BCUT2D eigenvalue weighted by molar-refractivity contribution is -0.120. The summed E-state index contributed by atoms with van der Waals surface area (Å²) in [6, 6.07) is 18.3. The maximum absolute atomic E-state index is 13.0. The topological polar surface area (TPSA) is 102 Å². The van der Waals surface area contributed by atoms with E-state index in [9.17, 15) is 19.2 Å². The van der Waals surface area contributed by atoms with Crippen LogP contribution in [0.2, 0.25) is 5.02 Å². The van der Waals surface area contributed by atoms with Crippen LogP contribution in [0.3, 0.4) is 0 Å². The predicted octanol–water partition coefficient (Wildman–Crippen LogP) is 5.17. The van der Waals surface area contributed by atoms with E-state index in [0.717, 1.165) is 4.90 Å². The number of benzene rings is 3. The number of carbonyl (C=O) groups excluding carboxylic acids is 4. The smallest absolute Gasteiger partial charge is 0.343 e. The van der Waals surface area contributed by atoms with Gasteiger partial charge < -0.3 is 14.8 Å². The fourth-order valence-corrected chi connectivity index (χ4v) is 3.73. The molecule has 0 radical (unpaired) electrons. The van der Waals surface area contributed by atoms with Crippen molar-refractivity contribution >= 4 is 58.3 Å². The number of esters is 2. The quantitative estimate of drug-likeness (QED) is 0.258. The number of ether oxygens (including phenoxy) is 2. The molecule has 4 rings (SSSR count). The number of carbonyl (C=O) groups is 4. The first-order chi connectivity index (χ1) is 17.3. The Balaban J connectivity index is 1.45. The Morgan fingerprint density at radius 3 is 2.14 bits per heavy atom. The van der Waals surface area contributed by atoms with Crippen molar-refractivity contribution in [1.29, 1.82) is 0 Å². The molecule has 10 heteroatoms. The van der Waals surface area contributed by atoms with E-state index in [4.69, 9.17) is 32.7 Å². The molecule has 0 aliphatic carbocycles. The molecule has 1 aliphatic heterocycles. The highest BCUT2D eigenvalue weighted by atomic mass is 35.5. The second kappa shape index (κ2) is 10.6. The Hall–Kier alpha value is -4.14. The van der Waals surface area contributed by atoms with Crippen molar-refractivity contribution in [2.24, 2.45) is 0 Å². The summed E-state index contributed by atoms with van der Waals surface area (Å²) in [5.41, 5.74) is 1.09. The second-order valence-corrected chi connectivity index (χ2v) is 8.27. The number of nitrogens with zero attached hydrogens (tertiary/aromatic N) is 1. The molecule has 0 atom stereocenters. The van der Waals surface area contributed by atoms with Gasteiger partial charge in [-0.25, -0.2) is 14.5 Å². The molecule has 0 fully saturated rings. The number of anilines is 2. The van der Waals surface area contributed by atoms with Crippen molar-refractivity contribution in [3.63, 3.8) is 0 Å². The van der Waals surface area contributed by atoms with Crippen LogP contribution in [0.25, 0.3) is 0 Å². The third-order valence-electron chi connectivity index (χ3n) is 5.06. The van der Waals surface area contributed by atoms with Gasteiger partial charge in [0, 0.05) is 10.7 Å². The molecule has 3 aromatic rings. The van der Waals surface area contributed by atoms with Gasteiger partial charge in [0.05, 0.1) is 23.4 Å². The van der Waals surface area contributed by atoms with E-state index in [1.54, 1.807) is 37.3 Å². The van der Waals surface area contributed by atoms with Crippen molar-refractivity contribution in [1.82, 2.24) is 0 Å². The van der Waals surface area contributed by atoms with Crippen molar-refractivity contribution in [2.75, 3.05) is 16.8 Å². The molecule has 0 unspecified atom stereocenters. The molecule has 0 saturated carbocycles. The molecule has 8 nitrogen and oxygen atoms in total. The van der Waals surface area contributed by atoms with E-state index in [1.165, 1.54) is 42.5 Å². The zero-order chi connectivity index (χ0) is 25.8. The van der Waals surface area contributed by atoms with Gasteiger partial charge in [-0.05, 0) is 73.7 Å². The van der Waals surface area contributed by atoms with Gasteiger partial charge in [-0.2, -0.15) is 0 Å². The molecule has 0 aromatic heterocycles. The summed E-state index contributed by atoms with van der Waals surface area (Å²) in [5.74, 6) is -2.18. The summed E-state index contributed by atoms with van der Waals surface area (Å²) in [5, 5.41) is 2.97. The van der Waals surface area contributed by atoms with Crippen LogP contribution in [0.4, 0.5) is 11.4 Å². The van der Waals surface area contributed by atoms with Gasteiger partial charge >= 0.3 is 11.9 Å². The fourth-order valence-electron chi connectivity index (χ4n) is 3.34. The van der Waals surface area contributed by atoms with Crippen LogP contribution in [0.1, 0.15) is 27.6 Å². The molecule has 1 N–H and O–H groups in total. The van der Waals surface area contributed by atoms with Gasteiger partial charge in [-0.1, -0.05) is 29.3 Å². The second-order valence-electron chi connectivity index (χ2n) is 7.45. The molecular formula is C26H18Cl2N2O6. The van der Waals surface area contributed by atoms with Crippen molar-refractivity contribution in [3.8, 4) is 5.75 Å². The molecule has 0 spiro atoms. The highest BCUT2D eigenvalue weighted by Gasteiger charge is 2.39. The molecule has 1 heterocycles. The van der Waals surface area contributed by atoms with Crippen LogP contribution in [-0.4, -0.2) is 30.4 Å². The molecule has 182 valence electrons. The first kappa shape index (κ1) is 25.0. The number of amides is 2. The average molecular weight is 525 g/mol. The van der Waals surface area contributed by atoms with E-state index in [0.29, 0.717) is 16.5 Å². The zero-order valence-corrected chi connectivity index (χ0v) is 20.3. The Labute approximate surface area is 216 Å². The minimum atomic E-state index is -0.713. The van der Waals surface area contributed by atoms with Crippen LogP contribution < -0.4 is 15.0 Å². The zero-order valence-electron chi connectivity index (χ0n) is 18.8. The number of hydrogen-bond acceptors (Lipinski definition) is 7. The highest BCUT2D eigenvalue weighted by molar-refractivity contribution is 6.53. The van der Waals surface area contributed by atoms with Crippen LogP contribution in [0.5, 0.6) is 5.75 Å². The summed E-state index contributed by atoms with van der Waals surface area (Å²) in [6.45, 7) is 1.92. The van der Waals surface area contributed by atoms with E-state index in [1.807, 2.05) is 0 Å². The van der Waals surface area contributed by atoms with E-state index >= 15 is 0 Å². The van der Waals surface area contributed by atoms with Gasteiger partial charge in [0.2, 0.25) is 0 Å². The number of halogens is 2. The molecule has 0 saturated heterocycles. The fraction of sp³-hybridized carbons (Fsp3) is 0.0769. The molecule has 0 bridgehead atoms. The summed E-state index contributed by atoms with van der Waals surface area (Å²) < 4.78 is 10.2. The standard InChI is InChI=1S/C26H18Cl2N2O6/c1-2-35-25(33)15-8-12-19(13-9-15)30-23(31)21(28)22(24(30)32)29-18-10-6-16(7-11-18)26(34)36-20-5-3-4-17(27)14-20/h3-14,29H,2H2,1H3. The third-order valence-corrected chi connectivity index (χ3v) is 5.65. The Morgan fingerprint density at radius 1 is 0.861 bits per heavy atom. The lowest BCUT2D eigenvalue weighted by Crippen LogP contribution is -2.32. The van der Waals surface area contributed by atoms with Gasteiger partial charge in [0.15, 0.2) is 0 Å². The Morgan fingerprint density at radius 2 is 1.50 bits per heavy atom. The summed E-state index contributed by atoms with van der Waals surface area (Å²) in [4.78, 5) is 50.8. The maximum atomic E-state index is 13.0. The van der Waals surface area contributed by atoms with E-state index in [-0.39, 0.29) is 34.2 Å². The molecule has 3 aromatic carbocycles. The number of imide groups is 1. The van der Waals surface area contributed by atoms with Crippen LogP contribution >= 0.6 is 23.2 Å². The van der Waals surface area contributed by atoms with Gasteiger partial charge in [-0.15, -0.1) is 0 Å². The summed E-state index contributed by atoms with van der Waals surface area (Å²) >= 11 is 12.1. The monoisotopic (exact) mass is 524 g/mol. The lowest BCUT2D eigenvalue weighted by atomic mass is 10.2. The summed E-state index contributed by atoms with van der Waals surface area (Å²) in [7, 11) is 0.